The van der Waals surface area contributed by atoms with Gasteiger partial charge in [-0.25, -0.2) is 0 Å². The van der Waals surface area contributed by atoms with Crippen molar-refractivity contribution in [1.29, 1.82) is 0 Å². The monoisotopic (exact) mass is 261 g/mol. The molecule has 1 heterocycles. The lowest BCUT2D eigenvalue weighted by molar-refractivity contribution is -0.00599. The molecule has 1 aromatic carbocycles. The maximum Gasteiger partial charge on any atom is 0.128 e. The predicted molar refractivity (Wildman–Crippen MR) is 75.5 cm³/mol. The van der Waals surface area contributed by atoms with Crippen LogP contribution in [-0.2, 0) is 6.42 Å². The van der Waals surface area contributed by atoms with Crippen molar-refractivity contribution in [3.05, 3.63) is 29.3 Å². The highest BCUT2D eigenvalue weighted by Crippen LogP contribution is 2.46. The van der Waals surface area contributed by atoms with E-state index in [4.69, 9.17) is 4.74 Å². The molecule has 1 fully saturated rings. The number of hydrogen-bond acceptors (Lipinski definition) is 3. The summed E-state index contributed by atoms with van der Waals surface area (Å²) in [5, 5.41) is 11.0. The van der Waals surface area contributed by atoms with E-state index in [0.29, 0.717) is 0 Å². The van der Waals surface area contributed by atoms with Gasteiger partial charge in [-0.05, 0) is 32.5 Å². The predicted octanol–water partition coefficient (Wildman–Crippen LogP) is 2.53. The molecule has 0 radical (unpaired) electrons. The van der Waals surface area contributed by atoms with Gasteiger partial charge in [0, 0.05) is 12.0 Å². The van der Waals surface area contributed by atoms with Crippen LogP contribution in [0.4, 0.5) is 0 Å². The number of para-hydroxylation sites is 1. The molecule has 0 saturated heterocycles. The summed E-state index contributed by atoms with van der Waals surface area (Å²) in [5.74, 6) is 0.933. The number of likely N-dealkylation sites (N-methyl/N-ethyl adjacent to an activating group) is 1. The minimum atomic E-state index is -0.460. The van der Waals surface area contributed by atoms with Crippen LogP contribution in [0.3, 0.4) is 0 Å². The molecule has 1 N–H and O–H groups in total. The maximum atomic E-state index is 11.0. The van der Waals surface area contributed by atoms with E-state index >= 15 is 0 Å². The van der Waals surface area contributed by atoms with Gasteiger partial charge in [0.25, 0.3) is 0 Å². The molecule has 1 saturated carbocycles. The zero-order valence-corrected chi connectivity index (χ0v) is 11.9. The van der Waals surface area contributed by atoms with Gasteiger partial charge in [0.1, 0.15) is 11.9 Å². The summed E-state index contributed by atoms with van der Waals surface area (Å²) in [6.45, 7) is 0.744. The summed E-state index contributed by atoms with van der Waals surface area (Å²) in [6, 6.07) is 6.18. The second-order valence-corrected chi connectivity index (χ2v) is 6.04. The van der Waals surface area contributed by atoms with Crippen molar-refractivity contribution < 1.29 is 9.84 Å². The molecule has 19 heavy (non-hydrogen) atoms. The Balaban J connectivity index is 1.99. The van der Waals surface area contributed by atoms with E-state index in [1.54, 1.807) is 0 Å². The Labute approximate surface area is 115 Å². The van der Waals surface area contributed by atoms with Crippen LogP contribution in [0, 0.1) is 0 Å². The summed E-state index contributed by atoms with van der Waals surface area (Å²) in [7, 11) is 4.16. The van der Waals surface area contributed by atoms with Crippen LogP contribution < -0.4 is 4.74 Å². The van der Waals surface area contributed by atoms with Crippen molar-refractivity contribution in [2.45, 2.75) is 43.7 Å². The van der Waals surface area contributed by atoms with Crippen molar-refractivity contribution in [2.75, 3.05) is 20.7 Å². The van der Waals surface area contributed by atoms with Gasteiger partial charge in [-0.3, -0.25) is 0 Å². The van der Waals surface area contributed by atoms with Crippen molar-refractivity contribution in [3.63, 3.8) is 0 Å². The molecule has 0 bridgehead atoms. The van der Waals surface area contributed by atoms with Crippen molar-refractivity contribution >= 4 is 0 Å². The van der Waals surface area contributed by atoms with Crippen LogP contribution >= 0.6 is 0 Å². The van der Waals surface area contributed by atoms with E-state index in [-0.39, 0.29) is 5.54 Å². The largest absolute Gasteiger partial charge is 0.493 e. The Kier molecular flexibility index (Phi) is 3.27. The van der Waals surface area contributed by atoms with Crippen LogP contribution in [0.2, 0.25) is 0 Å². The number of fused-ring (bicyclic) bond motifs is 1. The van der Waals surface area contributed by atoms with Gasteiger partial charge in [0.2, 0.25) is 0 Å². The molecule has 1 aromatic rings. The van der Waals surface area contributed by atoms with Crippen LogP contribution in [-0.4, -0.2) is 36.2 Å². The molecular formula is C16H23NO2. The average molecular weight is 261 g/mol. The van der Waals surface area contributed by atoms with Gasteiger partial charge in [0.15, 0.2) is 0 Å². The molecule has 1 unspecified atom stereocenters. The number of hydrogen-bond donors (Lipinski definition) is 1. The Bertz CT molecular complexity index is 464. The Morgan fingerprint density at radius 2 is 2.00 bits per heavy atom. The number of ether oxygens (including phenoxy) is 1. The number of benzene rings is 1. The molecule has 0 aromatic heterocycles. The van der Waals surface area contributed by atoms with Crippen molar-refractivity contribution in [3.8, 4) is 5.75 Å². The second kappa shape index (κ2) is 4.80. The van der Waals surface area contributed by atoms with Gasteiger partial charge in [-0.1, -0.05) is 31.0 Å². The molecule has 2 aliphatic rings. The Hall–Kier alpha value is -1.06. The highest BCUT2D eigenvalue weighted by Gasteiger charge is 2.44. The lowest BCUT2D eigenvalue weighted by Crippen LogP contribution is -2.47. The maximum absolute atomic E-state index is 11.0. The van der Waals surface area contributed by atoms with Gasteiger partial charge < -0.3 is 14.7 Å². The summed E-state index contributed by atoms with van der Waals surface area (Å²) < 4.78 is 5.76. The molecule has 0 amide bonds. The van der Waals surface area contributed by atoms with E-state index in [1.165, 1.54) is 18.4 Å². The zero-order valence-electron chi connectivity index (χ0n) is 11.9. The first-order chi connectivity index (χ1) is 9.15. The summed E-state index contributed by atoms with van der Waals surface area (Å²) in [6.07, 6.45) is 5.02. The summed E-state index contributed by atoms with van der Waals surface area (Å²) in [5.41, 5.74) is 2.09. The molecular weight excluding hydrogens is 238 g/mol. The molecule has 3 rings (SSSR count). The fraction of sp³-hybridized carbons (Fsp3) is 0.625. The lowest BCUT2D eigenvalue weighted by Gasteiger charge is -2.41. The van der Waals surface area contributed by atoms with Crippen LogP contribution in [0.1, 0.15) is 42.9 Å². The van der Waals surface area contributed by atoms with Gasteiger partial charge in [0.05, 0.1) is 12.1 Å². The fourth-order valence-electron chi connectivity index (χ4n) is 3.70. The highest BCUT2D eigenvalue weighted by molar-refractivity contribution is 5.46. The molecule has 1 aliphatic carbocycles. The number of aliphatic hydroxyl groups excluding tert-OH is 1. The first-order valence-electron chi connectivity index (χ1n) is 7.25. The zero-order chi connectivity index (χ0) is 13.5. The third kappa shape index (κ3) is 1.96. The minimum absolute atomic E-state index is 0.124. The number of nitrogens with zero attached hydrogens (tertiary/aromatic N) is 1. The second-order valence-electron chi connectivity index (χ2n) is 6.04. The lowest BCUT2D eigenvalue weighted by atomic mass is 9.84. The van der Waals surface area contributed by atoms with E-state index in [0.717, 1.165) is 37.2 Å². The van der Waals surface area contributed by atoms with Crippen molar-refractivity contribution in [2.24, 2.45) is 0 Å². The quantitative estimate of drug-likeness (QED) is 0.907. The molecule has 3 heteroatoms. The molecule has 1 aliphatic heterocycles. The van der Waals surface area contributed by atoms with E-state index in [1.807, 2.05) is 12.1 Å². The Morgan fingerprint density at radius 3 is 2.68 bits per heavy atom. The number of aliphatic hydroxyl groups is 1. The molecule has 104 valence electrons. The van der Waals surface area contributed by atoms with Gasteiger partial charge in [-0.15, -0.1) is 0 Å². The van der Waals surface area contributed by atoms with E-state index in [2.05, 4.69) is 25.1 Å². The topological polar surface area (TPSA) is 32.7 Å². The van der Waals surface area contributed by atoms with Gasteiger partial charge in [-0.2, -0.15) is 0 Å². The van der Waals surface area contributed by atoms with Crippen molar-refractivity contribution in [1.82, 2.24) is 4.90 Å². The van der Waals surface area contributed by atoms with Crippen LogP contribution in [0.5, 0.6) is 5.75 Å². The summed E-state index contributed by atoms with van der Waals surface area (Å²) >= 11 is 0. The van der Waals surface area contributed by atoms with Crippen LogP contribution in [0.25, 0.3) is 0 Å². The average Bonchev–Trinajstić information content (AvgIpc) is 3.06. The smallest absolute Gasteiger partial charge is 0.128 e. The van der Waals surface area contributed by atoms with Crippen LogP contribution in [0.15, 0.2) is 18.2 Å². The Morgan fingerprint density at radius 1 is 1.26 bits per heavy atom. The van der Waals surface area contributed by atoms with E-state index in [9.17, 15) is 5.11 Å². The third-order valence-corrected chi connectivity index (χ3v) is 4.91. The molecule has 3 nitrogen and oxygen atoms in total. The SMILES string of the molecule is CN(C)C1(C(O)c2cccc3c2OCC3)CCCC1. The molecule has 0 spiro atoms. The first kappa shape index (κ1) is 12.9. The fourth-order valence-corrected chi connectivity index (χ4v) is 3.70. The third-order valence-electron chi connectivity index (χ3n) is 4.91. The summed E-state index contributed by atoms with van der Waals surface area (Å²) in [4.78, 5) is 2.21. The highest BCUT2D eigenvalue weighted by atomic mass is 16.5. The standard InChI is InChI=1S/C16H23NO2/c1-17(2)16(9-3-4-10-16)15(18)13-7-5-6-12-8-11-19-14(12)13/h5-7,15,18H,3-4,8-11H2,1-2H3. The van der Waals surface area contributed by atoms with E-state index < -0.39 is 6.10 Å². The molecule has 1 atom stereocenters. The first-order valence-corrected chi connectivity index (χ1v) is 7.25. The normalized spacial score (nSPS) is 22.3. The van der Waals surface area contributed by atoms with Gasteiger partial charge >= 0.3 is 0 Å². The number of rotatable bonds is 3. The minimum Gasteiger partial charge on any atom is -0.493 e.